The molecule has 0 bridgehead atoms. The molecule has 1 N–H and O–H groups in total. The van der Waals surface area contributed by atoms with Gasteiger partial charge in [0.05, 0.1) is 10.7 Å². The number of nitrogens with one attached hydrogen (secondary N) is 1. The molecule has 2 rings (SSSR count). The average molecular weight is 301 g/mol. The van der Waals surface area contributed by atoms with E-state index in [1.54, 1.807) is 0 Å². The smallest absolute Gasteiger partial charge is 0.182 e. The zero-order chi connectivity index (χ0) is 13.4. The maximum Gasteiger partial charge on any atom is 0.182 e. The quantitative estimate of drug-likeness (QED) is 0.749. The van der Waals surface area contributed by atoms with Gasteiger partial charge in [-0.05, 0) is 42.8 Å². The van der Waals surface area contributed by atoms with Gasteiger partial charge in [-0.3, -0.25) is 4.57 Å². The number of rotatable bonds is 2. The molecule has 2 aromatic rings. The Morgan fingerprint density at radius 3 is 2.50 bits per heavy atom. The number of hydrogen-bond donors (Lipinski definition) is 1. The minimum Gasteiger partial charge on any atom is -0.337 e. The molecule has 1 heterocycles. The lowest BCUT2D eigenvalue weighted by Gasteiger charge is -2.13. The Labute approximate surface area is 122 Å². The summed E-state index contributed by atoms with van der Waals surface area (Å²) in [6.45, 7) is 6.15. The van der Waals surface area contributed by atoms with Crippen LogP contribution in [0.4, 0.5) is 0 Å². The highest BCUT2D eigenvalue weighted by atomic mass is 35.5. The molecule has 5 heteroatoms. The Kier molecular flexibility index (Phi) is 3.85. The summed E-state index contributed by atoms with van der Waals surface area (Å²) in [5.41, 5.74) is 2.86. The predicted molar refractivity (Wildman–Crippen MR) is 79.8 cm³/mol. The molecule has 0 unspecified atom stereocenters. The topological polar surface area (TPSA) is 20.7 Å². The first-order chi connectivity index (χ1) is 8.41. The van der Waals surface area contributed by atoms with Gasteiger partial charge in [-0.25, -0.2) is 0 Å². The first kappa shape index (κ1) is 13.7. The summed E-state index contributed by atoms with van der Waals surface area (Å²) in [5.74, 6) is 0.342. The molecule has 0 aliphatic rings. The van der Waals surface area contributed by atoms with Crippen LogP contribution in [0.25, 0.3) is 5.69 Å². The SMILES string of the molecule is Cc1cc(Cl)c(-n2c(C(C)C)c[nH]c2=S)cc1Cl. The number of imidazole rings is 1. The van der Waals surface area contributed by atoms with Crippen LogP contribution in [0.2, 0.25) is 10.0 Å². The number of nitrogens with zero attached hydrogens (tertiary/aromatic N) is 1. The van der Waals surface area contributed by atoms with Gasteiger partial charge < -0.3 is 4.98 Å². The van der Waals surface area contributed by atoms with Crippen LogP contribution in [-0.2, 0) is 0 Å². The van der Waals surface area contributed by atoms with Gasteiger partial charge in [0, 0.05) is 16.9 Å². The molecule has 0 atom stereocenters. The van der Waals surface area contributed by atoms with Gasteiger partial charge in [-0.2, -0.15) is 0 Å². The van der Waals surface area contributed by atoms with Crippen LogP contribution >= 0.6 is 35.4 Å². The summed E-state index contributed by atoms with van der Waals surface area (Å²) in [5, 5.41) is 1.33. The van der Waals surface area contributed by atoms with Crippen molar-refractivity contribution in [3.63, 3.8) is 0 Å². The Morgan fingerprint density at radius 1 is 1.22 bits per heavy atom. The lowest BCUT2D eigenvalue weighted by Crippen LogP contribution is -2.03. The number of halogens is 2. The van der Waals surface area contributed by atoms with Crippen molar-refractivity contribution in [1.29, 1.82) is 0 Å². The summed E-state index contributed by atoms with van der Waals surface area (Å²) in [6, 6.07) is 3.72. The molecule has 0 saturated heterocycles. The Bertz CT molecular complexity index is 641. The summed E-state index contributed by atoms with van der Waals surface area (Å²) >= 11 is 17.8. The summed E-state index contributed by atoms with van der Waals surface area (Å²) in [4.78, 5) is 3.05. The molecular formula is C13H14Cl2N2S. The van der Waals surface area contributed by atoms with Gasteiger partial charge in [0.15, 0.2) is 4.77 Å². The van der Waals surface area contributed by atoms with Gasteiger partial charge in [0.2, 0.25) is 0 Å². The van der Waals surface area contributed by atoms with Crippen molar-refractivity contribution < 1.29 is 0 Å². The number of aromatic nitrogens is 2. The van der Waals surface area contributed by atoms with Crippen LogP contribution in [0, 0.1) is 11.7 Å². The van der Waals surface area contributed by atoms with E-state index in [9.17, 15) is 0 Å². The van der Waals surface area contributed by atoms with E-state index >= 15 is 0 Å². The van der Waals surface area contributed by atoms with E-state index in [0.717, 1.165) is 16.9 Å². The standard InChI is InChI=1S/C13H14Cl2N2S/c1-7(2)12-6-16-13(18)17(12)11-5-9(14)8(3)4-10(11)15/h4-7H,1-3H3,(H,16,18). The van der Waals surface area contributed by atoms with Crippen LogP contribution in [0.15, 0.2) is 18.3 Å². The van der Waals surface area contributed by atoms with Gasteiger partial charge >= 0.3 is 0 Å². The molecule has 0 aliphatic carbocycles. The van der Waals surface area contributed by atoms with Gasteiger partial charge in [-0.15, -0.1) is 0 Å². The number of aryl methyl sites for hydroxylation is 1. The summed E-state index contributed by atoms with van der Waals surface area (Å²) in [7, 11) is 0. The zero-order valence-corrected chi connectivity index (χ0v) is 12.7. The maximum atomic E-state index is 6.30. The molecule has 2 nitrogen and oxygen atoms in total. The molecule has 0 aliphatic heterocycles. The molecule has 0 radical (unpaired) electrons. The lowest BCUT2D eigenvalue weighted by atomic mass is 10.1. The van der Waals surface area contributed by atoms with E-state index in [-0.39, 0.29) is 0 Å². The predicted octanol–water partition coefficient (Wildman–Crippen LogP) is 5.27. The van der Waals surface area contributed by atoms with E-state index in [0.29, 0.717) is 20.7 Å². The van der Waals surface area contributed by atoms with Crippen LogP contribution in [0.3, 0.4) is 0 Å². The van der Waals surface area contributed by atoms with Crippen molar-refractivity contribution in [3.05, 3.63) is 44.4 Å². The number of aromatic amines is 1. The Hall–Kier alpha value is -0.770. The van der Waals surface area contributed by atoms with E-state index in [4.69, 9.17) is 35.4 Å². The maximum absolute atomic E-state index is 6.30. The molecule has 1 aromatic carbocycles. The van der Waals surface area contributed by atoms with Crippen molar-refractivity contribution >= 4 is 35.4 Å². The normalized spacial score (nSPS) is 11.2. The summed E-state index contributed by atoms with van der Waals surface area (Å²) in [6.07, 6.45) is 1.91. The number of hydrogen-bond acceptors (Lipinski definition) is 1. The highest BCUT2D eigenvalue weighted by molar-refractivity contribution is 7.71. The van der Waals surface area contributed by atoms with E-state index in [1.165, 1.54) is 0 Å². The van der Waals surface area contributed by atoms with Crippen molar-refractivity contribution in [1.82, 2.24) is 9.55 Å². The van der Waals surface area contributed by atoms with Gasteiger partial charge in [0.1, 0.15) is 0 Å². The molecule has 18 heavy (non-hydrogen) atoms. The third-order valence-electron chi connectivity index (χ3n) is 2.87. The van der Waals surface area contributed by atoms with Crippen molar-refractivity contribution in [2.45, 2.75) is 26.7 Å². The summed E-state index contributed by atoms with van der Waals surface area (Å²) < 4.78 is 2.56. The van der Waals surface area contributed by atoms with Crippen LogP contribution in [-0.4, -0.2) is 9.55 Å². The zero-order valence-electron chi connectivity index (χ0n) is 10.4. The molecule has 0 spiro atoms. The molecule has 0 fully saturated rings. The van der Waals surface area contributed by atoms with E-state index in [1.807, 2.05) is 29.8 Å². The average Bonchev–Trinajstić information content (AvgIpc) is 2.66. The first-order valence-electron chi connectivity index (χ1n) is 5.68. The van der Waals surface area contributed by atoms with Gasteiger partial charge in [0.25, 0.3) is 0 Å². The van der Waals surface area contributed by atoms with E-state index < -0.39 is 0 Å². The second-order valence-electron chi connectivity index (χ2n) is 4.56. The number of H-pyrrole nitrogens is 1. The Balaban J connectivity index is 2.73. The third kappa shape index (κ3) is 2.35. The van der Waals surface area contributed by atoms with Crippen LogP contribution < -0.4 is 0 Å². The van der Waals surface area contributed by atoms with Crippen molar-refractivity contribution in [2.24, 2.45) is 0 Å². The highest BCUT2D eigenvalue weighted by Gasteiger charge is 2.13. The fraction of sp³-hybridized carbons (Fsp3) is 0.308. The molecule has 0 saturated carbocycles. The third-order valence-corrected chi connectivity index (χ3v) is 3.88. The monoisotopic (exact) mass is 300 g/mol. The van der Waals surface area contributed by atoms with Crippen LogP contribution in [0.1, 0.15) is 31.0 Å². The number of benzene rings is 1. The molecular weight excluding hydrogens is 287 g/mol. The fourth-order valence-electron chi connectivity index (χ4n) is 1.86. The second kappa shape index (κ2) is 5.08. The second-order valence-corrected chi connectivity index (χ2v) is 5.76. The largest absolute Gasteiger partial charge is 0.337 e. The van der Waals surface area contributed by atoms with Gasteiger partial charge in [-0.1, -0.05) is 37.0 Å². The van der Waals surface area contributed by atoms with E-state index in [2.05, 4.69) is 18.8 Å². The lowest BCUT2D eigenvalue weighted by molar-refractivity contribution is 0.783. The van der Waals surface area contributed by atoms with Crippen LogP contribution in [0.5, 0.6) is 0 Å². The molecule has 1 aromatic heterocycles. The molecule has 96 valence electrons. The minimum absolute atomic E-state index is 0.342. The first-order valence-corrected chi connectivity index (χ1v) is 6.84. The Morgan fingerprint density at radius 2 is 1.89 bits per heavy atom. The highest BCUT2D eigenvalue weighted by Crippen LogP contribution is 2.30. The fourth-order valence-corrected chi connectivity index (χ4v) is 2.59. The minimum atomic E-state index is 0.342. The molecule has 0 amide bonds. The van der Waals surface area contributed by atoms with Crippen molar-refractivity contribution in [3.8, 4) is 5.69 Å². The van der Waals surface area contributed by atoms with Crippen molar-refractivity contribution in [2.75, 3.05) is 0 Å².